The maximum atomic E-state index is 12.1. The summed E-state index contributed by atoms with van der Waals surface area (Å²) >= 11 is 3.39. The zero-order valence-corrected chi connectivity index (χ0v) is 11.3. The van der Waals surface area contributed by atoms with E-state index >= 15 is 0 Å². The van der Waals surface area contributed by atoms with Gasteiger partial charge in [0.2, 0.25) is 5.78 Å². The molecule has 2 heterocycles. The largest absolute Gasteiger partial charge is 0.291 e. The Labute approximate surface area is 115 Å². The van der Waals surface area contributed by atoms with E-state index in [1.807, 2.05) is 46.9 Å². The minimum Gasteiger partial charge on any atom is -0.291 e. The van der Waals surface area contributed by atoms with Crippen LogP contribution >= 0.6 is 15.9 Å². The van der Waals surface area contributed by atoms with Crippen LogP contribution in [-0.2, 0) is 0 Å². The normalized spacial score (nSPS) is 11.6. The quantitative estimate of drug-likeness (QED) is 0.542. The molecule has 92 valence electrons. The summed E-state index contributed by atoms with van der Waals surface area (Å²) in [6.07, 6.45) is 0. The molecule has 0 aliphatic rings. The summed E-state index contributed by atoms with van der Waals surface area (Å²) in [5, 5.41) is 0.644. The molecule has 19 heavy (non-hydrogen) atoms. The van der Waals surface area contributed by atoms with Crippen LogP contribution in [-0.4, -0.2) is 14.4 Å². The van der Waals surface area contributed by atoms with Gasteiger partial charge in [-0.2, -0.15) is 0 Å². The Bertz CT molecular complexity index is 1000. The zero-order chi connectivity index (χ0) is 13.0. The van der Waals surface area contributed by atoms with Crippen LogP contribution in [0.4, 0.5) is 0 Å². The van der Waals surface area contributed by atoms with Crippen molar-refractivity contribution in [2.45, 2.75) is 0 Å². The summed E-state index contributed by atoms with van der Waals surface area (Å²) in [5.74, 6) is 0.570. The van der Waals surface area contributed by atoms with Gasteiger partial charge >= 0.3 is 0 Å². The fourth-order valence-electron chi connectivity index (χ4n) is 2.41. The van der Waals surface area contributed by atoms with Crippen molar-refractivity contribution in [1.29, 1.82) is 0 Å². The first-order chi connectivity index (χ1) is 9.24. The van der Waals surface area contributed by atoms with Crippen molar-refractivity contribution in [3.8, 4) is 0 Å². The van der Waals surface area contributed by atoms with Gasteiger partial charge in [0.05, 0.1) is 21.9 Å². The van der Waals surface area contributed by atoms with Gasteiger partial charge in [-0.25, -0.2) is 4.98 Å². The van der Waals surface area contributed by atoms with Crippen molar-refractivity contribution in [3.05, 3.63) is 57.3 Å². The van der Waals surface area contributed by atoms with Crippen LogP contribution in [0.1, 0.15) is 0 Å². The van der Waals surface area contributed by atoms with Crippen LogP contribution in [0, 0.1) is 0 Å². The Balaban J connectivity index is 2.39. The highest BCUT2D eigenvalue weighted by molar-refractivity contribution is 9.10. The Kier molecular flexibility index (Phi) is 2.08. The van der Waals surface area contributed by atoms with E-state index in [-0.39, 0.29) is 5.56 Å². The van der Waals surface area contributed by atoms with Crippen molar-refractivity contribution in [3.63, 3.8) is 0 Å². The molecule has 0 aliphatic carbocycles. The Morgan fingerprint density at radius 2 is 1.95 bits per heavy atom. The van der Waals surface area contributed by atoms with Gasteiger partial charge in [0, 0.05) is 4.47 Å². The Morgan fingerprint density at radius 1 is 1.11 bits per heavy atom. The van der Waals surface area contributed by atoms with Crippen LogP contribution in [0.2, 0.25) is 0 Å². The summed E-state index contributed by atoms with van der Waals surface area (Å²) in [6.45, 7) is 0. The molecule has 0 radical (unpaired) electrons. The third-order valence-corrected chi connectivity index (χ3v) is 3.72. The van der Waals surface area contributed by atoms with E-state index in [1.165, 1.54) is 0 Å². The fraction of sp³-hybridized carbons (Fsp3) is 0. The molecule has 0 bridgehead atoms. The number of hydrogen-bond acceptors (Lipinski definition) is 2. The van der Waals surface area contributed by atoms with E-state index in [4.69, 9.17) is 0 Å². The van der Waals surface area contributed by atoms with Gasteiger partial charge in [0.25, 0.3) is 5.56 Å². The standard InChI is InChI=1S/C14H8BrN3O/c15-8-5-6-11-9(7-8)13(19)17-14-16-10-3-1-2-4-12(10)18(11)14/h1-7H,(H,16,17,19). The van der Waals surface area contributed by atoms with E-state index in [2.05, 4.69) is 25.9 Å². The van der Waals surface area contributed by atoms with Crippen LogP contribution in [0.5, 0.6) is 0 Å². The van der Waals surface area contributed by atoms with Crippen molar-refractivity contribution < 1.29 is 0 Å². The van der Waals surface area contributed by atoms with Gasteiger partial charge in [0.1, 0.15) is 0 Å². The molecule has 4 rings (SSSR count). The number of imidazole rings is 1. The Morgan fingerprint density at radius 3 is 2.84 bits per heavy atom. The molecular weight excluding hydrogens is 306 g/mol. The van der Waals surface area contributed by atoms with Crippen molar-refractivity contribution >= 4 is 43.6 Å². The number of para-hydroxylation sites is 2. The molecule has 0 fully saturated rings. The number of rotatable bonds is 0. The molecular formula is C14H8BrN3O. The van der Waals surface area contributed by atoms with E-state index in [0.29, 0.717) is 11.2 Å². The lowest BCUT2D eigenvalue weighted by Crippen LogP contribution is -2.09. The molecule has 4 aromatic rings. The summed E-state index contributed by atoms with van der Waals surface area (Å²) in [5.41, 5.74) is 2.59. The first-order valence-electron chi connectivity index (χ1n) is 5.83. The third-order valence-electron chi connectivity index (χ3n) is 3.23. The molecule has 2 aromatic carbocycles. The number of nitrogens with zero attached hydrogens (tertiary/aromatic N) is 2. The monoisotopic (exact) mass is 313 g/mol. The number of nitrogens with one attached hydrogen (secondary N) is 1. The third kappa shape index (κ3) is 1.45. The summed E-state index contributed by atoms with van der Waals surface area (Å²) < 4.78 is 2.85. The molecule has 0 unspecified atom stereocenters. The van der Waals surface area contributed by atoms with Gasteiger partial charge in [-0.05, 0) is 30.3 Å². The SMILES string of the molecule is O=c1[nH]c2nc3ccccc3n2c2ccc(Br)cc12. The molecule has 0 spiro atoms. The molecule has 1 N–H and O–H groups in total. The molecule has 0 saturated carbocycles. The van der Waals surface area contributed by atoms with Crippen LogP contribution in [0.15, 0.2) is 51.7 Å². The fourth-order valence-corrected chi connectivity index (χ4v) is 2.77. The highest BCUT2D eigenvalue weighted by Gasteiger charge is 2.10. The molecule has 0 saturated heterocycles. The predicted molar refractivity (Wildman–Crippen MR) is 78.5 cm³/mol. The van der Waals surface area contributed by atoms with E-state index in [0.717, 1.165) is 21.0 Å². The first kappa shape index (κ1) is 10.8. The minimum absolute atomic E-state index is 0.126. The average molecular weight is 314 g/mol. The Hall–Kier alpha value is -2.14. The van der Waals surface area contributed by atoms with Gasteiger partial charge < -0.3 is 0 Å². The second kappa shape index (κ2) is 3.68. The van der Waals surface area contributed by atoms with E-state index in [9.17, 15) is 4.79 Å². The van der Waals surface area contributed by atoms with Crippen LogP contribution in [0.25, 0.3) is 27.7 Å². The number of H-pyrrole nitrogens is 1. The predicted octanol–water partition coefficient (Wildman–Crippen LogP) is 3.09. The number of hydrogen-bond donors (Lipinski definition) is 1. The van der Waals surface area contributed by atoms with Gasteiger partial charge in [0.15, 0.2) is 0 Å². The molecule has 0 atom stereocenters. The number of fused-ring (bicyclic) bond motifs is 5. The topological polar surface area (TPSA) is 50.2 Å². The zero-order valence-electron chi connectivity index (χ0n) is 9.72. The minimum atomic E-state index is -0.126. The molecule has 2 aromatic heterocycles. The summed E-state index contributed by atoms with van der Waals surface area (Å²) in [4.78, 5) is 19.4. The van der Waals surface area contributed by atoms with Crippen molar-refractivity contribution in [2.24, 2.45) is 0 Å². The van der Waals surface area contributed by atoms with Gasteiger partial charge in [-0.15, -0.1) is 0 Å². The number of aromatic amines is 1. The lowest BCUT2D eigenvalue weighted by molar-refractivity contribution is 1.15. The second-order valence-corrected chi connectivity index (χ2v) is 5.29. The maximum absolute atomic E-state index is 12.1. The van der Waals surface area contributed by atoms with Crippen LogP contribution in [0.3, 0.4) is 0 Å². The first-order valence-corrected chi connectivity index (χ1v) is 6.62. The van der Waals surface area contributed by atoms with Gasteiger partial charge in [-0.1, -0.05) is 28.1 Å². The van der Waals surface area contributed by atoms with Crippen molar-refractivity contribution in [1.82, 2.24) is 14.4 Å². The highest BCUT2D eigenvalue weighted by Crippen LogP contribution is 2.22. The smallest absolute Gasteiger partial charge is 0.260 e. The maximum Gasteiger partial charge on any atom is 0.260 e. The number of aromatic nitrogens is 3. The van der Waals surface area contributed by atoms with E-state index < -0.39 is 0 Å². The second-order valence-electron chi connectivity index (χ2n) is 4.38. The molecule has 0 amide bonds. The highest BCUT2D eigenvalue weighted by atomic mass is 79.9. The number of benzene rings is 2. The van der Waals surface area contributed by atoms with Crippen molar-refractivity contribution in [2.75, 3.05) is 0 Å². The average Bonchev–Trinajstić information content (AvgIpc) is 2.77. The lowest BCUT2D eigenvalue weighted by Gasteiger charge is -2.02. The summed E-state index contributed by atoms with van der Waals surface area (Å²) in [7, 11) is 0. The summed E-state index contributed by atoms with van der Waals surface area (Å²) in [6, 6.07) is 13.5. The molecule has 5 heteroatoms. The van der Waals surface area contributed by atoms with Gasteiger partial charge in [-0.3, -0.25) is 14.2 Å². The van der Waals surface area contributed by atoms with E-state index in [1.54, 1.807) is 0 Å². The number of halogens is 1. The lowest BCUT2D eigenvalue weighted by atomic mass is 10.2. The molecule has 0 aliphatic heterocycles. The molecule has 4 nitrogen and oxygen atoms in total. The van der Waals surface area contributed by atoms with Crippen LogP contribution < -0.4 is 5.56 Å².